The number of rotatable bonds is 12. The maximum absolute atomic E-state index is 5.60. The molecule has 156 valence electrons. The molecule has 0 aliphatic rings. The van der Waals surface area contributed by atoms with Crippen molar-refractivity contribution in [2.24, 2.45) is 0 Å². The molecular weight excluding hydrogens is 348 g/mol. The van der Waals surface area contributed by atoms with Crippen LogP contribution in [-0.2, 0) is 0 Å². The fourth-order valence-electron chi connectivity index (χ4n) is 2.70. The lowest BCUT2D eigenvalue weighted by molar-refractivity contribution is 0.223. The first-order chi connectivity index (χ1) is 13.7. The van der Waals surface area contributed by atoms with Crippen LogP contribution in [0.3, 0.4) is 0 Å². The topological polar surface area (TPSA) is 24.9 Å². The van der Waals surface area contributed by atoms with Crippen LogP contribution in [0.4, 0.5) is 0 Å². The van der Waals surface area contributed by atoms with Gasteiger partial charge in [0.05, 0.1) is 0 Å². The fraction of sp³-hybridized carbons (Fsp3) is 0.500. The third-order valence-electron chi connectivity index (χ3n) is 4.63. The molecule has 4 nitrogen and oxygen atoms in total. The molecule has 0 fully saturated rings. The summed E-state index contributed by atoms with van der Waals surface area (Å²) in [7, 11) is 0. The van der Waals surface area contributed by atoms with Gasteiger partial charge < -0.3 is 19.3 Å². The lowest BCUT2D eigenvalue weighted by Gasteiger charge is -2.17. The monoisotopic (exact) mass is 386 g/mol. The average molecular weight is 387 g/mol. The van der Waals surface area contributed by atoms with Crippen molar-refractivity contribution in [2.75, 3.05) is 52.5 Å². The van der Waals surface area contributed by atoms with Crippen LogP contribution in [0.1, 0.15) is 27.7 Å². The Morgan fingerprint density at radius 1 is 0.536 bits per heavy atom. The van der Waals surface area contributed by atoms with Crippen LogP contribution in [0, 0.1) is 0 Å². The van der Waals surface area contributed by atoms with E-state index in [4.69, 9.17) is 9.47 Å². The zero-order valence-corrected chi connectivity index (χ0v) is 18.1. The molecule has 0 saturated carbocycles. The molecule has 2 aromatic carbocycles. The van der Waals surface area contributed by atoms with Gasteiger partial charge in [-0.2, -0.15) is 0 Å². The second-order valence-electron chi connectivity index (χ2n) is 6.38. The summed E-state index contributed by atoms with van der Waals surface area (Å²) in [6, 6.07) is 19.9. The maximum atomic E-state index is 5.60. The van der Waals surface area contributed by atoms with Crippen molar-refractivity contribution >= 4 is 0 Å². The van der Waals surface area contributed by atoms with E-state index in [2.05, 4.69) is 37.5 Å². The van der Waals surface area contributed by atoms with Gasteiger partial charge in [0.15, 0.2) is 0 Å². The molecule has 0 heterocycles. The highest BCUT2D eigenvalue weighted by Crippen LogP contribution is 2.08. The normalized spacial score (nSPS) is 10.5. The Kier molecular flexibility index (Phi) is 13.7. The predicted octanol–water partition coefficient (Wildman–Crippen LogP) is 4.81. The van der Waals surface area contributed by atoms with Gasteiger partial charge in [-0.05, 0) is 50.4 Å². The van der Waals surface area contributed by atoms with Gasteiger partial charge in [-0.3, -0.25) is 0 Å². The smallest absolute Gasteiger partial charge is 0.119 e. The fourth-order valence-corrected chi connectivity index (χ4v) is 2.70. The van der Waals surface area contributed by atoms with Crippen molar-refractivity contribution in [3.63, 3.8) is 0 Å². The molecule has 0 saturated heterocycles. The van der Waals surface area contributed by atoms with Crippen LogP contribution in [0.5, 0.6) is 11.5 Å². The number of ether oxygens (including phenoxy) is 2. The molecule has 0 aliphatic carbocycles. The van der Waals surface area contributed by atoms with Crippen LogP contribution in [0.2, 0.25) is 0 Å². The van der Waals surface area contributed by atoms with Gasteiger partial charge in [0.1, 0.15) is 24.7 Å². The van der Waals surface area contributed by atoms with Gasteiger partial charge in [0.2, 0.25) is 0 Å². The van der Waals surface area contributed by atoms with Gasteiger partial charge in [-0.25, -0.2) is 0 Å². The van der Waals surface area contributed by atoms with Crippen LogP contribution in [0.15, 0.2) is 60.7 Å². The van der Waals surface area contributed by atoms with Crippen LogP contribution < -0.4 is 9.47 Å². The predicted molar refractivity (Wildman–Crippen MR) is 119 cm³/mol. The molecule has 4 heteroatoms. The van der Waals surface area contributed by atoms with Crippen molar-refractivity contribution in [3.8, 4) is 11.5 Å². The van der Waals surface area contributed by atoms with Gasteiger partial charge in [0.25, 0.3) is 0 Å². The van der Waals surface area contributed by atoms with E-state index in [-0.39, 0.29) is 0 Å². The van der Waals surface area contributed by atoms with Crippen molar-refractivity contribution in [1.82, 2.24) is 9.80 Å². The first-order valence-corrected chi connectivity index (χ1v) is 10.5. The molecular formula is C24H38N2O2. The lowest BCUT2D eigenvalue weighted by atomic mass is 10.3. The molecule has 2 aromatic rings. The zero-order chi connectivity index (χ0) is 20.5. The highest BCUT2D eigenvalue weighted by atomic mass is 16.5. The number of para-hydroxylation sites is 2. The second-order valence-corrected chi connectivity index (χ2v) is 6.38. The minimum absolute atomic E-state index is 0.770. The van der Waals surface area contributed by atoms with E-state index in [1.807, 2.05) is 60.7 Å². The second kappa shape index (κ2) is 16.0. The Hall–Kier alpha value is -2.04. The third-order valence-corrected chi connectivity index (χ3v) is 4.63. The summed E-state index contributed by atoms with van der Waals surface area (Å²) >= 11 is 0. The number of hydrogen-bond donors (Lipinski definition) is 0. The van der Waals surface area contributed by atoms with Crippen molar-refractivity contribution in [2.45, 2.75) is 27.7 Å². The summed E-state index contributed by atoms with van der Waals surface area (Å²) in [5.74, 6) is 1.92. The SMILES string of the molecule is CCN(CC)CCOc1ccccc1.CCN(CC)CCOc1ccccc1. The van der Waals surface area contributed by atoms with Gasteiger partial charge >= 0.3 is 0 Å². The maximum Gasteiger partial charge on any atom is 0.119 e. The molecule has 28 heavy (non-hydrogen) atoms. The Balaban J connectivity index is 0.000000280. The Morgan fingerprint density at radius 3 is 1.14 bits per heavy atom. The summed E-state index contributed by atoms with van der Waals surface area (Å²) in [6.07, 6.45) is 0. The Bertz CT molecular complexity index is 516. The molecule has 0 atom stereocenters. The number of hydrogen-bond acceptors (Lipinski definition) is 4. The van der Waals surface area contributed by atoms with E-state index >= 15 is 0 Å². The minimum Gasteiger partial charge on any atom is -0.492 e. The summed E-state index contributed by atoms with van der Waals surface area (Å²) in [5.41, 5.74) is 0. The van der Waals surface area contributed by atoms with E-state index in [9.17, 15) is 0 Å². The number of likely N-dealkylation sites (N-methyl/N-ethyl adjacent to an activating group) is 2. The first kappa shape index (κ1) is 24.0. The Labute approximate surface area is 172 Å². The molecule has 0 N–H and O–H groups in total. The van der Waals surface area contributed by atoms with Gasteiger partial charge in [-0.1, -0.05) is 64.1 Å². The summed E-state index contributed by atoms with van der Waals surface area (Å²) in [5, 5.41) is 0. The number of benzene rings is 2. The first-order valence-electron chi connectivity index (χ1n) is 10.5. The van der Waals surface area contributed by atoms with E-state index in [0.717, 1.165) is 64.0 Å². The number of nitrogens with zero attached hydrogens (tertiary/aromatic N) is 2. The van der Waals surface area contributed by atoms with E-state index in [0.29, 0.717) is 0 Å². The quantitative estimate of drug-likeness (QED) is 0.522. The molecule has 0 bridgehead atoms. The molecule has 0 aliphatic heterocycles. The summed E-state index contributed by atoms with van der Waals surface area (Å²) in [6.45, 7) is 16.6. The van der Waals surface area contributed by atoms with Crippen molar-refractivity contribution in [1.29, 1.82) is 0 Å². The van der Waals surface area contributed by atoms with Gasteiger partial charge in [0, 0.05) is 13.1 Å². The van der Waals surface area contributed by atoms with E-state index in [1.165, 1.54) is 0 Å². The zero-order valence-electron chi connectivity index (χ0n) is 18.1. The largest absolute Gasteiger partial charge is 0.492 e. The third kappa shape index (κ3) is 11.0. The average Bonchev–Trinajstić information content (AvgIpc) is 2.76. The Morgan fingerprint density at radius 2 is 0.857 bits per heavy atom. The van der Waals surface area contributed by atoms with Crippen LogP contribution in [0.25, 0.3) is 0 Å². The van der Waals surface area contributed by atoms with Crippen LogP contribution >= 0.6 is 0 Å². The van der Waals surface area contributed by atoms with Gasteiger partial charge in [-0.15, -0.1) is 0 Å². The van der Waals surface area contributed by atoms with E-state index < -0.39 is 0 Å². The standard InChI is InChI=1S/2C12H19NO/c2*1-3-13(4-2)10-11-14-12-8-6-5-7-9-12/h2*5-9H,3-4,10-11H2,1-2H3. The molecule has 0 unspecified atom stereocenters. The molecule has 2 rings (SSSR count). The van der Waals surface area contributed by atoms with Crippen LogP contribution in [-0.4, -0.2) is 62.3 Å². The highest BCUT2D eigenvalue weighted by Gasteiger charge is 1.99. The minimum atomic E-state index is 0.770. The molecule has 0 aromatic heterocycles. The lowest BCUT2D eigenvalue weighted by Crippen LogP contribution is -2.27. The van der Waals surface area contributed by atoms with E-state index in [1.54, 1.807) is 0 Å². The molecule has 0 amide bonds. The molecule has 0 radical (unpaired) electrons. The van der Waals surface area contributed by atoms with Crippen molar-refractivity contribution in [3.05, 3.63) is 60.7 Å². The summed E-state index contributed by atoms with van der Waals surface area (Å²) in [4.78, 5) is 4.70. The summed E-state index contributed by atoms with van der Waals surface area (Å²) < 4.78 is 11.2. The molecule has 0 spiro atoms. The highest BCUT2D eigenvalue weighted by molar-refractivity contribution is 5.21. The van der Waals surface area contributed by atoms with Crippen molar-refractivity contribution < 1.29 is 9.47 Å².